The number of nitrogens with one attached hydrogen (secondary N) is 1. The van der Waals surface area contributed by atoms with E-state index in [1.54, 1.807) is 12.1 Å². The van der Waals surface area contributed by atoms with E-state index in [0.29, 0.717) is 30.0 Å². The van der Waals surface area contributed by atoms with Gasteiger partial charge >= 0.3 is 0 Å². The third-order valence-corrected chi connectivity index (χ3v) is 2.39. The highest BCUT2D eigenvalue weighted by atomic mass is 19.1. The molecule has 4 nitrogen and oxygen atoms in total. The van der Waals surface area contributed by atoms with Gasteiger partial charge in [-0.05, 0) is 18.1 Å². The third kappa shape index (κ3) is 2.90. The zero-order chi connectivity index (χ0) is 12.1. The maximum Gasteiger partial charge on any atom is 0.152 e. The van der Waals surface area contributed by atoms with Crippen molar-refractivity contribution < 1.29 is 4.39 Å². The lowest BCUT2D eigenvalue weighted by Crippen LogP contribution is -2.09. The molecule has 0 fully saturated rings. The van der Waals surface area contributed by atoms with E-state index in [0.717, 1.165) is 0 Å². The molecular weight excluding hydrogens is 219 g/mol. The van der Waals surface area contributed by atoms with E-state index in [1.165, 1.54) is 18.6 Å². The number of hydrogen-bond acceptors (Lipinski definition) is 4. The van der Waals surface area contributed by atoms with E-state index in [1.807, 2.05) is 6.07 Å². The van der Waals surface area contributed by atoms with Crippen molar-refractivity contribution in [1.82, 2.24) is 9.97 Å². The Morgan fingerprint density at radius 1 is 1.29 bits per heavy atom. The van der Waals surface area contributed by atoms with E-state index >= 15 is 0 Å². The summed E-state index contributed by atoms with van der Waals surface area (Å²) in [5.74, 6) is 0.390. The standard InChI is InChI=1S/C12H13FN4/c13-10-4-2-1-3-9(10)5-6-16-12-11(14)7-15-8-17-12/h1-4,7-8H,5-6,14H2,(H,15,16,17). The van der Waals surface area contributed by atoms with Crippen molar-refractivity contribution in [1.29, 1.82) is 0 Å². The average molecular weight is 232 g/mol. The van der Waals surface area contributed by atoms with Gasteiger partial charge in [0.15, 0.2) is 5.82 Å². The molecule has 2 aromatic rings. The number of rotatable bonds is 4. The van der Waals surface area contributed by atoms with E-state index < -0.39 is 0 Å². The molecular formula is C12H13FN4. The van der Waals surface area contributed by atoms with E-state index in [-0.39, 0.29) is 5.82 Å². The van der Waals surface area contributed by atoms with Crippen LogP contribution in [0.4, 0.5) is 15.9 Å². The molecule has 3 N–H and O–H groups in total. The number of nitrogen functional groups attached to an aromatic ring is 1. The highest BCUT2D eigenvalue weighted by Crippen LogP contribution is 2.12. The Bertz CT molecular complexity index is 456. The molecule has 0 saturated heterocycles. The molecule has 1 aromatic heterocycles. The molecule has 88 valence electrons. The summed E-state index contributed by atoms with van der Waals surface area (Å²) in [6.07, 6.45) is 3.52. The number of benzene rings is 1. The van der Waals surface area contributed by atoms with Gasteiger partial charge < -0.3 is 11.1 Å². The van der Waals surface area contributed by atoms with Crippen LogP contribution in [0.1, 0.15) is 5.56 Å². The van der Waals surface area contributed by atoms with Crippen molar-refractivity contribution in [3.63, 3.8) is 0 Å². The molecule has 1 heterocycles. The zero-order valence-corrected chi connectivity index (χ0v) is 9.23. The summed E-state index contributed by atoms with van der Waals surface area (Å²) in [6.45, 7) is 0.572. The molecule has 0 aliphatic rings. The molecule has 0 saturated carbocycles. The van der Waals surface area contributed by atoms with E-state index in [2.05, 4.69) is 15.3 Å². The first-order valence-corrected chi connectivity index (χ1v) is 5.30. The van der Waals surface area contributed by atoms with Gasteiger partial charge in [-0.2, -0.15) is 0 Å². The highest BCUT2D eigenvalue weighted by molar-refractivity contribution is 5.58. The third-order valence-electron chi connectivity index (χ3n) is 2.39. The first kappa shape index (κ1) is 11.3. The van der Waals surface area contributed by atoms with Crippen LogP contribution in [0, 0.1) is 5.82 Å². The van der Waals surface area contributed by atoms with Gasteiger partial charge in [0.1, 0.15) is 12.1 Å². The minimum atomic E-state index is -0.190. The molecule has 0 radical (unpaired) electrons. The van der Waals surface area contributed by atoms with Crippen LogP contribution < -0.4 is 11.1 Å². The maximum atomic E-state index is 13.3. The van der Waals surface area contributed by atoms with Crippen LogP contribution in [0.2, 0.25) is 0 Å². The molecule has 1 aromatic carbocycles. The fourth-order valence-corrected chi connectivity index (χ4v) is 1.50. The van der Waals surface area contributed by atoms with E-state index in [4.69, 9.17) is 5.73 Å². The number of anilines is 2. The second-order valence-electron chi connectivity index (χ2n) is 3.59. The number of hydrogen-bond donors (Lipinski definition) is 2. The predicted molar refractivity (Wildman–Crippen MR) is 65.0 cm³/mol. The molecule has 0 aliphatic heterocycles. The minimum absolute atomic E-state index is 0.190. The summed E-state index contributed by atoms with van der Waals surface area (Å²) >= 11 is 0. The van der Waals surface area contributed by atoms with Crippen LogP contribution >= 0.6 is 0 Å². The summed E-state index contributed by atoms with van der Waals surface area (Å²) in [5, 5.41) is 3.05. The van der Waals surface area contributed by atoms with Crippen LogP contribution in [-0.4, -0.2) is 16.5 Å². The van der Waals surface area contributed by atoms with Crippen LogP contribution in [0.15, 0.2) is 36.8 Å². The van der Waals surface area contributed by atoms with Crippen molar-refractivity contribution >= 4 is 11.5 Å². The van der Waals surface area contributed by atoms with Crippen molar-refractivity contribution in [2.45, 2.75) is 6.42 Å². The molecule has 0 spiro atoms. The number of nitrogens with zero attached hydrogens (tertiary/aromatic N) is 2. The topological polar surface area (TPSA) is 63.8 Å². The van der Waals surface area contributed by atoms with Crippen molar-refractivity contribution in [2.24, 2.45) is 0 Å². The highest BCUT2D eigenvalue weighted by Gasteiger charge is 2.02. The molecule has 5 heteroatoms. The fraction of sp³-hybridized carbons (Fsp3) is 0.167. The Kier molecular flexibility index (Phi) is 3.49. The minimum Gasteiger partial charge on any atom is -0.394 e. The Morgan fingerprint density at radius 3 is 2.88 bits per heavy atom. The van der Waals surface area contributed by atoms with Crippen LogP contribution in [0.3, 0.4) is 0 Å². The van der Waals surface area contributed by atoms with Gasteiger partial charge in [0.25, 0.3) is 0 Å². The van der Waals surface area contributed by atoms with Crippen molar-refractivity contribution in [2.75, 3.05) is 17.6 Å². The Labute approximate surface area is 98.7 Å². The molecule has 0 bridgehead atoms. The first-order chi connectivity index (χ1) is 8.27. The number of halogens is 1. The average Bonchev–Trinajstić information content (AvgIpc) is 2.34. The summed E-state index contributed by atoms with van der Waals surface area (Å²) in [7, 11) is 0. The second-order valence-corrected chi connectivity index (χ2v) is 3.59. The Morgan fingerprint density at radius 2 is 2.12 bits per heavy atom. The van der Waals surface area contributed by atoms with Gasteiger partial charge in [-0.1, -0.05) is 18.2 Å². The Balaban J connectivity index is 1.93. The van der Waals surface area contributed by atoms with Crippen molar-refractivity contribution in [3.05, 3.63) is 48.2 Å². The van der Waals surface area contributed by atoms with Gasteiger partial charge in [0, 0.05) is 6.54 Å². The van der Waals surface area contributed by atoms with Crippen molar-refractivity contribution in [3.8, 4) is 0 Å². The predicted octanol–water partition coefficient (Wildman–Crippen LogP) is 1.85. The van der Waals surface area contributed by atoms with Gasteiger partial charge in [-0.15, -0.1) is 0 Å². The lowest BCUT2D eigenvalue weighted by Gasteiger charge is -2.07. The van der Waals surface area contributed by atoms with E-state index in [9.17, 15) is 4.39 Å². The molecule has 2 rings (SSSR count). The van der Waals surface area contributed by atoms with Gasteiger partial charge in [0.05, 0.1) is 11.9 Å². The Hall–Kier alpha value is -2.17. The fourth-order valence-electron chi connectivity index (χ4n) is 1.50. The van der Waals surface area contributed by atoms with Crippen LogP contribution in [-0.2, 0) is 6.42 Å². The molecule has 0 aliphatic carbocycles. The molecule has 0 atom stereocenters. The zero-order valence-electron chi connectivity index (χ0n) is 9.23. The molecule has 0 unspecified atom stereocenters. The van der Waals surface area contributed by atoms with Gasteiger partial charge in [-0.25, -0.2) is 14.4 Å². The van der Waals surface area contributed by atoms with Gasteiger partial charge in [-0.3, -0.25) is 0 Å². The summed E-state index contributed by atoms with van der Waals surface area (Å²) < 4.78 is 13.3. The van der Waals surface area contributed by atoms with Crippen LogP contribution in [0.5, 0.6) is 0 Å². The summed E-state index contributed by atoms with van der Waals surface area (Å²) in [6, 6.07) is 6.71. The van der Waals surface area contributed by atoms with Gasteiger partial charge in [0.2, 0.25) is 0 Å². The number of aromatic nitrogens is 2. The number of nitrogens with two attached hydrogens (primary N) is 1. The quantitative estimate of drug-likeness (QED) is 0.844. The monoisotopic (exact) mass is 232 g/mol. The SMILES string of the molecule is Nc1cncnc1NCCc1ccccc1F. The molecule has 17 heavy (non-hydrogen) atoms. The largest absolute Gasteiger partial charge is 0.394 e. The smallest absolute Gasteiger partial charge is 0.152 e. The second kappa shape index (κ2) is 5.25. The molecule has 0 amide bonds. The van der Waals surface area contributed by atoms with Crippen LogP contribution in [0.25, 0.3) is 0 Å². The maximum absolute atomic E-state index is 13.3. The summed E-state index contributed by atoms with van der Waals surface area (Å²) in [4.78, 5) is 7.78. The first-order valence-electron chi connectivity index (χ1n) is 5.30. The lowest BCUT2D eigenvalue weighted by molar-refractivity contribution is 0.610. The normalized spacial score (nSPS) is 10.2. The lowest BCUT2D eigenvalue weighted by atomic mass is 10.1. The summed E-state index contributed by atoms with van der Waals surface area (Å²) in [5.41, 5.74) is 6.83.